The van der Waals surface area contributed by atoms with Crippen LogP contribution in [0.1, 0.15) is 54.5 Å². The van der Waals surface area contributed by atoms with Gasteiger partial charge in [-0.05, 0) is 69.4 Å². The molecule has 2 aromatic carbocycles. The molecule has 3 rings (SSSR count). The van der Waals surface area contributed by atoms with E-state index in [9.17, 15) is 4.79 Å². The van der Waals surface area contributed by atoms with Crippen LogP contribution in [0.3, 0.4) is 0 Å². The first-order chi connectivity index (χ1) is 11.3. The molecular weight excluding hydrogens is 294 g/mol. The Bertz CT molecular complexity index is 815. The highest BCUT2D eigenvalue weighted by Crippen LogP contribution is 2.34. The van der Waals surface area contributed by atoms with Gasteiger partial charge in [-0.2, -0.15) is 0 Å². The van der Waals surface area contributed by atoms with Crippen LogP contribution in [0.15, 0.2) is 47.5 Å². The Morgan fingerprint density at radius 3 is 2.33 bits per heavy atom. The van der Waals surface area contributed by atoms with Crippen LogP contribution >= 0.6 is 0 Å². The van der Waals surface area contributed by atoms with Crippen molar-refractivity contribution < 1.29 is 4.79 Å². The normalized spacial score (nSPS) is 17.0. The standard InChI is InChI=1S/C22H25NO/c1-14-11-18-13-22(4,5)23-21(19(18)12-15(14)2)20(16(3)24)17-9-7-6-8-10-17/h6-12,20H,13H2,1-5H3. The predicted molar refractivity (Wildman–Crippen MR) is 100 cm³/mol. The second-order valence-corrected chi connectivity index (χ2v) is 7.53. The van der Waals surface area contributed by atoms with Gasteiger partial charge in [-0.25, -0.2) is 0 Å². The summed E-state index contributed by atoms with van der Waals surface area (Å²) in [6.45, 7) is 10.2. The number of aliphatic imine (C=N–C) groups is 1. The number of benzene rings is 2. The third kappa shape index (κ3) is 3.06. The monoisotopic (exact) mass is 319 g/mol. The van der Waals surface area contributed by atoms with Crippen molar-refractivity contribution in [2.45, 2.75) is 52.5 Å². The maximum absolute atomic E-state index is 12.5. The molecule has 1 atom stereocenters. The second-order valence-electron chi connectivity index (χ2n) is 7.53. The van der Waals surface area contributed by atoms with Crippen molar-refractivity contribution >= 4 is 11.5 Å². The van der Waals surface area contributed by atoms with Gasteiger partial charge in [-0.1, -0.05) is 36.4 Å². The molecule has 24 heavy (non-hydrogen) atoms. The molecule has 0 N–H and O–H groups in total. The minimum atomic E-state index is -0.299. The lowest BCUT2D eigenvalue weighted by Gasteiger charge is -2.32. The van der Waals surface area contributed by atoms with Crippen LogP contribution in [0.25, 0.3) is 0 Å². The van der Waals surface area contributed by atoms with Crippen LogP contribution in [0.5, 0.6) is 0 Å². The fraction of sp³-hybridized carbons (Fsp3) is 0.364. The lowest BCUT2D eigenvalue weighted by Crippen LogP contribution is -2.33. The molecule has 0 aliphatic carbocycles. The van der Waals surface area contributed by atoms with E-state index in [1.807, 2.05) is 30.3 Å². The quantitative estimate of drug-likeness (QED) is 0.799. The number of fused-ring (bicyclic) bond motifs is 1. The number of Topliss-reactive ketones (excluding diaryl/α,β-unsaturated/α-hetero) is 1. The highest BCUT2D eigenvalue weighted by molar-refractivity contribution is 6.18. The van der Waals surface area contributed by atoms with E-state index in [-0.39, 0.29) is 17.2 Å². The van der Waals surface area contributed by atoms with Crippen LogP contribution in [-0.4, -0.2) is 17.0 Å². The number of carbonyl (C=O) groups is 1. The van der Waals surface area contributed by atoms with Crippen LogP contribution < -0.4 is 0 Å². The van der Waals surface area contributed by atoms with Gasteiger partial charge in [-0.15, -0.1) is 0 Å². The molecule has 1 unspecified atom stereocenters. The van der Waals surface area contributed by atoms with Crippen molar-refractivity contribution in [2.24, 2.45) is 4.99 Å². The molecule has 1 aliphatic rings. The van der Waals surface area contributed by atoms with E-state index < -0.39 is 0 Å². The molecule has 1 heterocycles. The highest BCUT2D eigenvalue weighted by Gasteiger charge is 2.33. The Hall–Kier alpha value is -2.22. The molecule has 0 saturated carbocycles. The third-order valence-electron chi connectivity index (χ3n) is 4.85. The second kappa shape index (κ2) is 6.01. The minimum Gasteiger partial charge on any atom is -0.299 e. The first-order valence-corrected chi connectivity index (χ1v) is 8.54. The summed E-state index contributed by atoms with van der Waals surface area (Å²) in [6.07, 6.45) is 0.909. The van der Waals surface area contributed by atoms with Gasteiger partial charge in [0.2, 0.25) is 0 Å². The summed E-state index contributed by atoms with van der Waals surface area (Å²) in [5, 5.41) is 0. The number of ketones is 1. The van der Waals surface area contributed by atoms with E-state index in [4.69, 9.17) is 4.99 Å². The number of rotatable bonds is 3. The van der Waals surface area contributed by atoms with Gasteiger partial charge in [0.05, 0.1) is 17.2 Å². The first-order valence-electron chi connectivity index (χ1n) is 8.54. The lowest BCUT2D eigenvalue weighted by molar-refractivity contribution is -0.117. The van der Waals surface area contributed by atoms with E-state index in [2.05, 4.69) is 39.8 Å². The van der Waals surface area contributed by atoms with Gasteiger partial charge in [-0.3, -0.25) is 9.79 Å². The number of aryl methyl sites for hydroxylation is 2. The maximum atomic E-state index is 12.5. The predicted octanol–water partition coefficient (Wildman–Crippen LogP) is 4.80. The summed E-state index contributed by atoms with van der Waals surface area (Å²) in [5.41, 5.74) is 6.74. The first kappa shape index (κ1) is 16.6. The Morgan fingerprint density at radius 2 is 1.71 bits per heavy atom. The summed E-state index contributed by atoms with van der Waals surface area (Å²) >= 11 is 0. The number of carbonyl (C=O) groups excluding carboxylic acids is 1. The van der Waals surface area contributed by atoms with Gasteiger partial charge >= 0.3 is 0 Å². The molecule has 2 heteroatoms. The molecule has 0 bridgehead atoms. The van der Waals surface area contributed by atoms with Crippen molar-refractivity contribution in [1.29, 1.82) is 0 Å². The maximum Gasteiger partial charge on any atom is 0.143 e. The van der Waals surface area contributed by atoms with E-state index in [0.717, 1.165) is 23.3 Å². The van der Waals surface area contributed by atoms with E-state index in [0.29, 0.717) is 0 Å². The van der Waals surface area contributed by atoms with Crippen LogP contribution in [0.2, 0.25) is 0 Å². The number of hydrogen-bond donors (Lipinski definition) is 0. The summed E-state index contributed by atoms with van der Waals surface area (Å²) in [4.78, 5) is 17.6. The average molecular weight is 319 g/mol. The molecular formula is C22H25NO. The van der Waals surface area contributed by atoms with Gasteiger partial charge in [0, 0.05) is 5.56 Å². The summed E-state index contributed by atoms with van der Waals surface area (Å²) < 4.78 is 0. The van der Waals surface area contributed by atoms with E-state index in [1.165, 1.54) is 16.7 Å². The van der Waals surface area contributed by atoms with Crippen molar-refractivity contribution in [3.05, 3.63) is 70.3 Å². The Labute approximate surface area is 144 Å². The fourth-order valence-electron chi connectivity index (χ4n) is 3.60. The van der Waals surface area contributed by atoms with Crippen molar-refractivity contribution in [3.8, 4) is 0 Å². The molecule has 0 amide bonds. The zero-order valence-corrected chi connectivity index (χ0v) is 15.2. The highest BCUT2D eigenvalue weighted by atomic mass is 16.1. The zero-order valence-electron chi connectivity index (χ0n) is 15.2. The fourth-order valence-corrected chi connectivity index (χ4v) is 3.60. The van der Waals surface area contributed by atoms with E-state index >= 15 is 0 Å². The van der Waals surface area contributed by atoms with Crippen molar-refractivity contribution in [2.75, 3.05) is 0 Å². The van der Waals surface area contributed by atoms with Crippen LogP contribution in [-0.2, 0) is 11.2 Å². The summed E-state index contributed by atoms with van der Waals surface area (Å²) in [5.74, 6) is -0.159. The summed E-state index contributed by atoms with van der Waals surface area (Å²) in [6, 6.07) is 14.5. The molecule has 0 saturated heterocycles. The minimum absolute atomic E-state index is 0.141. The molecule has 0 radical (unpaired) electrons. The Morgan fingerprint density at radius 1 is 1.08 bits per heavy atom. The largest absolute Gasteiger partial charge is 0.299 e. The molecule has 2 nitrogen and oxygen atoms in total. The van der Waals surface area contributed by atoms with Crippen LogP contribution in [0.4, 0.5) is 0 Å². The Kier molecular flexibility index (Phi) is 4.16. The molecule has 0 fully saturated rings. The van der Waals surface area contributed by atoms with Crippen LogP contribution in [0, 0.1) is 13.8 Å². The van der Waals surface area contributed by atoms with Gasteiger partial charge in [0.1, 0.15) is 5.78 Å². The molecule has 0 aromatic heterocycles. The van der Waals surface area contributed by atoms with Gasteiger partial charge < -0.3 is 0 Å². The third-order valence-corrected chi connectivity index (χ3v) is 4.85. The summed E-state index contributed by atoms with van der Waals surface area (Å²) in [7, 11) is 0. The van der Waals surface area contributed by atoms with Gasteiger partial charge in [0.15, 0.2) is 0 Å². The molecule has 124 valence electrons. The van der Waals surface area contributed by atoms with E-state index in [1.54, 1.807) is 6.92 Å². The Balaban J connectivity index is 2.22. The number of nitrogens with zero attached hydrogens (tertiary/aromatic N) is 1. The topological polar surface area (TPSA) is 29.4 Å². The van der Waals surface area contributed by atoms with Crippen molar-refractivity contribution in [3.63, 3.8) is 0 Å². The number of hydrogen-bond acceptors (Lipinski definition) is 2. The SMILES string of the molecule is CC(=O)C(C1=NC(C)(C)Cc2cc(C)c(C)cc21)c1ccccc1. The smallest absolute Gasteiger partial charge is 0.143 e. The average Bonchev–Trinajstić information content (AvgIpc) is 2.49. The lowest BCUT2D eigenvalue weighted by atomic mass is 9.78. The zero-order chi connectivity index (χ0) is 17.5. The molecule has 0 spiro atoms. The molecule has 1 aliphatic heterocycles. The van der Waals surface area contributed by atoms with Gasteiger partial charge in [0.25, 0.3) is 0 Å². The molecule has 2 aromatic rings. The van der Waals surface area contributed by atoms with Crippen molar-refractivity contribution in [1.82, 2.24) is 0 Å².